The molecule has 1 aliphatic heterocycles. The molecular formula is C16H18N4O4S. The van der Waals surface area contributed by atoms with Crippen molar-refractivity contribution in [2.75, 3.05) is 29.2 Å². The summed E-state index contributed by atoms with van der Waals surface area (Å²) in [6, 6.07) is 10.0. The van der Waals surface area contributed by atoms with Crippen LogP contribution in [0.1, 0.15) is 16.9 Å². The fraction of sp³-hybridized carbons (Fsp3) is 0.312. The Bertz CT molecular complexity index is 868. The van der Waals surface area contributed by atoms with Gasteiger partial charge < -0.3 is 15.4 Å². The van der Waals surface area contributed by atoms with E-state index in [1.807, 2.05) is 0 Å². The SMILES string of the molecule is COc1ccccc1NC(=O)c1ccc(NC2CCS(=O)(=O)C2)nn1. The molecule has 25 heavy (non-hydrogen) atoms. The summed E-state index contributed by atoms with van der Waals surface area (Å²) in [5.41, 5.74) is 0.686. The lowest BCUT2D eigenvalue weighted by Gasteiger charge is -2.11. The summed E-state index contributed by atoms with van der Waals surface area (Å²) in [5.74, 6) is 0.842. The number of hydrogen-bond donors (Lipinski definition) is 2. The Labute approximate surface area is 145 Å². The quantitative estimate of drug-likeness (QED) is 0.826. The molecule has 2 heterocycles. The van der Waals surface area contributed by atoms with Gasteiger partial charge in [-0.3, -0.25) is 4.79 Å². The Morgan fingerprint density at radius 2 is 2.00 bits per heavy atom. The molecule has 1 unspecified atom stereocenters. The lowest BCUT2D eigenvalue weighted by Crippen LogP contribution is -2.22. The second-order valence-electron chi connectivity index (χ2n) is 5.70. The van der Waals surface area contributed by atoms with Crippen LogP contribution in [0.2, 0.25) is 0 Å². The number of anilines is 2. The summed E-state index contributed by atoms with van der Waals surface area (Å²) < 4.78 is 28.1. The van der Waals surface area contributed by atoms with Gasteiger partial charge >= 0.3 is 0 Å². The zero-order valence-electron chi connectivity index (χ0n) is 13.6. The van der Waals surface area contributed by atoms with Crippen LogP contribution in [0.3, 0.4) is 0 Å². The number of methoxy groups -OCH3 is 1. The number of ether oxygens (including phenoxy) is 1. The van der Waals surface area contributed by atoms with Gasteiger partial charge in [-0.2, -0.15) is 0 Å². The highest BCUT2D eigenvalue weighted by Gasteiger charge is 2.28. The third-order valence-corrected chi connectivity index (χ3v) is 5.60. The first-order chi connectivity index (χ1) is 12.0. The zero-order chi connectivity index (χ0) is 17.9. The van der Waals surface area contributed by atoms with Gasteiger partial charge in [-0.25, -0.2) is 8.42 Å². The van der Waals surface area contributed by atoms with Crippen LogP contribution in [0.4, 0.5) is 11.5 Å². The van der Waals surface area contributed by atoms with Crippen LogP contribution in [0.25, 0.3) is 0 Å². The summed E-state index contributed by atoms with van der Waals surface area (Å²) in [4.78, 5) is 12.3. The van der Waals surface area contributed by atoms with Crippen molar-refractivity contribution in [3.63, 3.8) is 0 Å². The Kier molecular flexibility index (Phi) is 4.84. The summed E-state index contributed by atoms with van der Waals surface area (Å²) in [5, 5.41) is 13.6. The molecule has 1 amide bonds. The zero-order valence-corrected chi connectivity index (χ0v) is 14.4. The molecule has 0 spiro atoms. The van der Waals surface area contributed by atoms with E-state index in [2.05, 4.69) is 20.8 Å². The van der Waals surface area contributed by atoms with Crippen molar-refractivity contribution in [3.05, 3.63) is 42.1 Å². The van der Waals surface area contributed by atoms with E-state index in [9.17, 15) is 13.2 Å². The average Bonchev–Trinajstić information content (AvgIpc) is 2.94. The number of sulfone groups is 1. The summed E-state index contributed by atoms with van der Waals surface area (Å²) >= 11 is 0. The third kappa shape index (κ3) is 4.24. The number of rotatable bonds is 5. The lowest BCUT2D eigenvalue weighted by atomic mass is 10.2. The first kappa shape index (κ1) is 17.2. The predicted octanol–water partition coefficient (Wildman–Crippen LogP) is 1.34. The van der Waals surface area contributed by atoms with Gasteiger partial charge in [-0.05, 0) is 30.7 Å². The highest BCUT2D eigenvalue weighted by atomic mass is 32.2. The van der Waals surface area contributed by atoms with Crippen LogP contribution in [0.15, 0.2) is 36.4 Å². The molecule has 2 N–H and O–H groups in total. The van der Waals surface area contributed by atoms with E-state index in [4.69, 9.17) is 4.74 Å². The van der Waals surface area contributed by atoms with E-state index in [1.165, 1.54) is 13.2 Å². The number of amides is 1. The topological polar surface area (TPSA) is 110 Å². The molecular weight excluding hydrogens is 344 g/mol. The second-order valence-corrected chi connectivity index (χ2v) is 7.93. The lowest BCUT2D eigenvalue weighted by molar-refractivity contribution is 0.102. The maximum Gasteiger partial charge on any atom is 0.276 e. The van der Waals surface area contributed by atoms with Crippen LogP contribution in [-0.2, 0) is 9.84 Å². The van der Waals surface area contributed by atoms with Gasteiger partial charge in [0, 0.05) is 6.04 Å². The first-order valence-corrected chi connectivity index (χ1v) is 9.54. The highest BCUT2D eigenvalue weighted by Crippen LogP contribution is 2.23. The van der Waals surface area contributed by atoms with Crippen LogP contribution >= 0.6 is 0 Å². The number of benzene rings is 1. The van der Waals surface area contributed by atoms with E-state index >= 15 is 0 Å². The number of para-hydroxylation sites is 2. The maximum absolute atomic E-state index is 12.3. The minimum absolute atomic E-state index is 0.0880. The van der Waals surface area contributed by atoms with Crippen LogP contribution in [0.5, 0.6) is 5.75 Å². The Morgan fingerprint density at radius 1 is 1.20 bits per heavy atom. The monoisotopic (exact) mass is 362 g/mol. The third-order valence-electron chi connectivity index (χ3n) is 3.84. The van der Waals surface area contributed by atoms with Crippen molar-refractivity contribution in [1.82, 2.24) is 10.2 Å². The molecule has 0 aliphatic carbocycles. The van der Waals surface area contributed by atoms with Crippen molar-refractivity contribution in [2.24, 2.45) is 0 Å². The van der Waals surface area contributed by atoms with Crippen LogP contribution in [-0.4, -0.2) is 49.2 Å². The van der Waals surface area contributed by atoms with Crippen molar-refractivity contribution in [3.8, 4) is 5.75 Å². The Morgan fingerprint density at radius 3 is 2.64 bits per heavy atom. The number of carbonyl (C=O) groups excluding carboxylic acids is 1. The summed E-state index contributed by atoms with van der Waals surface area (Å²) in [6.45, 7) is 0. The van der Waals surface area contributed by atoms with Gasteiger partial charge in [0.15, 0.2) is 15.5 Å². The van der Waals surface area contributed by atoms with Crippen molar-refractivity contribution in [2.45, 2.75) is 12.5 Å². The molecule has 1 saturated heterocycles. The molecule has 1 aromatic carbocycles. The number of nitrogens with zero attached hydrogens (tertiary/aromatic N) is 2. The minimum Gasteiger partial charge on any atom is -0.495 e. The largest absolute Gasteiger partial charge is 0.495 e. The molecule has 132 valence electrons. The fourth-order valence-electron chi connectivity index (χ4n) is 2.58. The number of hydrogen-bond acceptors (Lipinski definition) is 7. The van der Waals surface area contributed by atoms with Gasteiger partial charge in [-0.1, -0.05) is 12.1 Å². The van der Waals surface area contributed by atoms with Crippen LogP contribution < -0.4 is 15.4 Å². The molecule has 0 saturated carbocycles. The highest BCUT2D eigenvalue weighted by molar-refractivity contribution is 7.91. The minimum atomic E-state index is -2.97. The first-order valence-electron chi connectivity index (χ1n) is 7.72. The molecule has 1 aliphatic rings. The van der Waals surface area contributed by atoms with Crippen molar-refractivity contribution < 1.29 is 17.9 Å². The normalized spacial score (nSPS) is 18.5. The molecule has 1 atom stereocenters. The van der Waals surface area contributed by atoms with E-state index in [-0.39, 0.29) is 23.2 Å². The van der Waals surface area contributed by atoms with Crippen molar-refractivity contribution in [1.29, 1.82) is 0 Å². The molecule has 1 fully saturated rings. The molecule has 3 rings (SSSR count). The molecule has 8 nitrogen and oxygen atoms in total. The Hall–Kier alpha value is -2.68. The van der Waals surface area contributed by atoms with Gasteiger partial charge in [0.1, 0.15) is 11.6 Å². The summed E-state index contributed by atoms with van der Waals surface area (Å²) in [6.07, 6.45) is 0.542. The molecule has 1 aromatic heterocycles. The smallest absolute Gasteiger partial charge is 0.276 e. The fourth-order valence-corrected chi connectivity index (χ4v) is 4.26. The van der Waals surface area contributed by atoms with Crippen LogP contribution in [0, 0.1) is 0 Å². The maximum atomic E-state index is 12.3. The average molecular weight is 362 g/mol. The molecule has 0 bridgehead atoms. The number of nitrogens with one attached hydrogen (secondary N) is 2. The van der Waals surface area contributed by atoms with E-state index in [1.54, 1.807) is 30.3 Å². The summed E-state index contributed by atoms with van der Waals surface area (Å²) in [7, 11) is -1.44. The van der Waals surface area contributed by atoms with E-state index < -0.39 is 15.7 Å². The van der Waals surface area contributed by atoms with Gasteiger partial charge in [0.05, 0.1) is 24.3 Å². The number of aromatic nitrogens is 2. The molecule has 2 aromatic rings. The molecule has 9 heteroatoms. The standard InChI is InChI=1S/C16H18N4O4S/c1-24-14-5-3-2-4-12(14)18-16(21)13-6-7-15(20-19-13)17-11-8-9-25(22,23)10-11/h2-7,11H,8-10H2,1H3,(H,17,20)(H,18,21). The Balaban J connectivity index is 1.64. The van der Waals surface area contributed by atoms with Gasteiger partial charge in [0.25, 0.3) is 5.91 Å². The molecule has 0 radical (unpaired) electrons. The van der Waals surface area contributed by atoms with E-state index in [0.717, 1.165) is 0 Å². The van der Waals surface area contributed by atoms with E-state index in [0.29, 0.717) is 23.7 Å². The van der Waals surface area contributed by atoms with Crippen molar-refractivity contribution >= 4 is 27.2 Å². The second kappa shape index (κ2) is 7.06. The number of carbonyl (C=O) groups is 1. The van der Waals surface area contributed by atoms with Gasteiger partial charge in [0.2, 0.25) is 0 Å². The predicted molar refractivity (Wildman–Crippen MR) is 93.7 cm³/mol. The van der Waals surface area contributed by atoms with Gasteiger partial charge in [-0.15, -0.1) is 10.2 Å².